The van der Waals surface area contributed by atoms with Crippen LogP contribution in [0.5, 0.6) is 17.2 Å². The zero-order valence-corrected chi connectivity index (χ0v) is 19.3. The van der Waals surface area contributed by atoms with E-state index in [1.165, 1.54) is 11.3 Å². The fourth-order valence-corrected chi connectivity index (χ4v) is 4.44. The summed E-state index contributed by atoms with van der Waals surface area (Å²) in [6.07, 6.45) is 7.69. The van der Waals surface area contributed by atoms with E-state index >= 15 is 0 Å². The Labute approximate surface area is 191 Å². The van der Waals surface area contributed by atoms with Crippen LogP contribution in [0.4, 0.5) is 5.69 Å². The lowest BCUT2D eigenvalue weighted by Crippen LogP contribution is -2.33. The molecule has 0 radical (unpaired) electrons. The predicted molar refractivity (Wildman–Crippen MR) is 132 cm³/mol. The molecule has 2 heterocycles. The van der Waals surface area contributed by atoms with E-state index in [-0.39, 0.29) is 0 Å². The molecule has 3 N–H and O–H groups in total. The standard InChI is InChI=1S/C26H34N4O2/c1-18-7-8-24-25(30(18)2)10-9-23(19(16-27)17-29-20-11-13-28-14-12-20)26(24)32-22-6-4-5-21(15-22)31-3/h4-6,9-10,15-18,20,28H,7-8,11-14,27H2,1-3H3. The molecule has 0 spiro atoms. The average molecular weight is 435 g/mol. The summed E-state index contributed by atoms with van der Waals surface area (Å²) >= 11 is 0. The van der Waals surface area contributed by atoms with Crippen LogP contribution in [0, 0.1) is 0 Å². The van der Waals surface area contributed by atoms with Gasteiger partial charge in [-0.1, -0.05) is 6.07 Å². The molecule has 2 aromatic rings. The first kappa shape index (κ1) is 22.2. The lowest BCUT2D eigenvalue weighted by molar-refractivity contribution is 0.408. The zero-order valence-electron chi connectivity index (χ0n) is 19.3. The van der Waals surface area contributed by atoms with Crippen molar-refractivity contribution in [1.82, 2.24) is 5.32 Å². The van der Waals surface area contributed by atoms with Gasteiger partial charge in [0.25, 0.3) is 0 Å². The number of nitrogens with two attached hydrogens (primary N) is 1. The summed E-state index contributed by atoms with van der Waals surface area (Å²) in [5.41, 5.74) is 10.4. The van der Waals surface area contributed by atoms with Crippen LogP contribution >= 0.6 is 0 Å². The van der Waals surface area contributed by atoms with Crippen LogP contribution in [0.2, 0.25) is 0 Å². The minimum Gasteiger partial charge on any atom is -0.497 e. The van der Waals surface area contributed by atoms with E-state index in [0.717, 1.165) is 67.2 Å². The Morgan fingerprint density at radius 2 is 1.94 bits per heavy atom. The second-order valence-electron chi connectivity index (χ2n) is 8.60. The number of benzene rings is 2. The molecule has 1 atom stereocenters. The van der Waals surface area contributed by atoms with Gasteiger partial charge in [0, 0.05) is 54.0 Å². The Morgan fingerprint density at radius 3 is 2.69 bits per heavy atom. The Kier molecular flexibility index (Phi) is 7.00. The molecule has 1 saturated heterocycles. The second kappa shape index (κ2) is 10.1. The fraction of sp³-hybridized carbons (Fsp3) is 0.423. The van der Waals surface area contributed by atoms with Crippen LogP contribution in [0.3, 0.4) is 0 Å². The predicted octanol–water partition coefficient (Wildman–Crippen LogP) is 4.38. The molecular weight excluding hydrogens is 400 g/mol. The van der Waals surface area contributed by atoms with Crippen molar-refractivity contribution in [2.45, 2.75) is 44.7 Å². The number of hydrogen-bond donors (Lipinski definition) is 2. The van der Waals surface area contributed by atoms with Crippen molar-refractivity contribution < 1.29 is 9.47 Å². The number of fused-ring (bicyclic) bond motifs is 1. The number of allylic oxidation sites excluding steroid dienone is 1. The number of nitrogens with zero attached hydrogens (tertiary/aromatic N) is 2. The molecule has 1 unspecified atom stereocenters. The summed E-state index contributed by atoms with van der Waals surface area (Å²) in [5, 5.41) is 3.39. The van der Waals surface area contributed by atoms with Gasteiger partial charge in [0.15, 0.2) is 0 Å². The van der Waals surface area contributed by atoms with Crippen LogP contribution in [0.15, 0.2) is 47.6 Å². The van der Waals surface area contributed by atoms with Gasteiger partial charge < -0.3 is 25.4 Å². The van der Waals surface area contributed by atoms with Gasteiger partial charge in [-0.3, -0.25) is 4.99 Å². The lowest BCUT2D eigenvalue weighted by Gasteiger charge is -2.35. The number of anilines is 1. The number of rotatable bonds is 6. The summed E-state index contributed by atoms with van der Waals surface area (Å²) in [6.45, 7) is 4.28. The second-order valence-corrected chi connectivity index (χ2v) is 8.60. The number of methoxy groups -OCH3 is 1. The fourth-order valence-electron chi connectivity index (χ4n) is 4.44. The van der Waals surface area contributed by atoms with E-state index in [1.54, 1.807) is 13.3 Å². The quantitative estimate of drug-likeness (QED) is 0.660. The number of ether oxygens (including phenoxy) is 2. The van der Waals surface area contributed by atoms with Gasteiger partial charge in [-0.25, -0.2) is 0 Å². The van der Waals surface area contributed by atoms with Crippen LogP contribution in [-0.4, -0.2) is 45.5 Å². The monoisotopic (exact) mass is 434 g/mol. The Bertz CT molecular complexity index is 995. The minimum atomic E-state index is 0.332. The average Bonchev–Trinajstić information content (AvgIpc) is 2.83. The molecule has 2 aliphatic heterocycles. The Morgan fingerprint density at radius 1 is 1.16 bits per heavy atom. The number of nitrogens with one attached hydrogen (secondary N) is 1. The maximum absolute atomic E-state index is 6.53. The lowest BCUT2D eigenvalue weighted by atomic mass is 9.92. The van der Waals surface area contributed by atoms with Crippen LogP contribution in [0.25, 0.3) is 5.57 Å². The molecule has 2 aliphatic rings. The summed E-state index contributed by atoms with van der Waals surface area (Å²) < 4.78 is 11.9. The SMILES string of the molecule is COc1cccc(Oc2c(C(C=NC3CCNCC3)=CN)ccc3c2CCC(C)N3C)c1. The first-order valence-electron chi connectivity index (χ1n) is 11.5. The first-order valence-corrected chi connectivity index (χ1v) is 11.5. The third-order valence-electron chi connectivity index (χ3n) is 6.57. The number of aliphatic imine (C=N–C) groups is 1. The normalized spacial score (nSPS) is 19.8. The molecule has 0 aromatic heterocycles. The van der Waals surface area contributed by atoms with Gasteiger partial charge >= 0.3 is 0 Å². The molecule has 0 bridgehead atoms. The van der Waals surface area contributed by atoms with Gasteiger partial charge in [0.1, 0.15) is 17.2 Å². The number of piperidine rings is 1. The summed E-state index contributed by atoms with van der Waals surface area (Å²) in [6, 6.07) is 12.8. The molecule has 32 heavy (non-hydrogen) atoms. The van der Waals surface area contributed by atoms with Crippen molar-refractivity contribution in [2.24, 2.45) is 10.7 Å². The molecule has 6 heteroatoms. The molecule has 1 fully saturated rings. The highest BCUT2D eigenvalue weighted by Gasteiger charge is 2.26. The molecule has 2 aromatic carbocycles. The van der Waals surface area contributed by atoms with Gasteiger partial charge in [0.2, 0.25) is 0 Å². The maximum atomic E-state index is 6.53. The van der Waals surface area contributed by atoms with Crippen molar-refractivity contribution >= 4 is 17.5 Å². The van der Waals surface area contributed by atoms with E-state index in [2.05, 4.69) is 36.3 Å². The first-order chi connectivity index (χ1) is 15.6. The molecule has 0 saturated carbocycles. The highest BCUT2D eigenvalue weighted by Crippen LogP contribution is 2.42. The highest BCUT2D eigenvalue weighted by atomic mass is 16.5. The highest BCUT2D eigenvalue weighted by molar-refractivity contribution is 6.11. The molecule has 0 amide bonds. The Balaban J connectivity index is 1.74. The summed E-state index contributed by atoms with van der Waals surface area (Å²) in [7, 11) is 3.81. The van der Waals surface area contributed by atoms with E-state index in [1.807, 2.05) is 30.5 Å². The van der Waals surface area contributed by atoms with Gasteiger partial charge in [0.05, 0.1) is 13.2 Å². The van der Waals surface area contributed by atoms with E-state index in [4.69, 9.17) is 20.2 Å². The van der Waals surface area contributed by atoms with E-state index in [0.29, 0.717) is 12.1 Å². The molecular formula is C26H34N4O2. The van der Waals surface area contributed by atoms with Crippen LogP contribution < -0.4 is 25.4 Å². The molecule has 170 valence electrons. The van der Waals surface area contributed by atoms with Crippen molar-refractivity contribution in [3.05, 3.63) is 53.7 Å². The third kappa shape index (κ3) is 4.75. The zero-order chi connectivity index (χ0) is 22.5. The largest absolute Gasteiger partial charge is 0.497 e. The van der Waals surface area contributed by atoms with Crippen molar-refractivity contribution in [2.75, 3.05) is 32.1 Å². The maximum Gasteiger partial charge on any atom is 0.140 e. The van der Waals surface area contributed by atoms with E-state index < -0.39 is 0 Å². The Hall–Kier alpha value is -2.99. The molecule has 4 rings (SSSR count). The molecule has 0 aliphatic carbocycles. The van der Waals surface area contributed by atoms with Gasteiger partial charge in [-0.05, 0) is 70.0 Å². The van der Waals surface area contributed by atoms with Gasteiger partial charge in [-0.2, -0.15) is 0 Å². The van der Waals surface area contributed by atoms with Gasteiger partial charge in [-0.15, -0.1) is 0 Å². The smallest absolute Gasteiger partial charge is 0.140 e. The third-order valence-corrected chi connectivity index (χ3v) is 6.57. The summed E-state index contributed by atoms with van der Waals surface area (Å²) in [5.74, 6) is 2.36. The topological polar surface area (TPSA) is 72.1 Å². The minimum absolute atomic E-state index is 0.332. The number of hydrogen-bond acceptors (Lipinski definition) is 6. The molecule has 6 nitrogen and oxygen atoms in total. The van der Waals surface area contributed by atoms with E-state index in [9.17, 15) is 0 Å². The van der Waals surface area contributed by atoms with Crippen LogP contribution in [0.1, 0.15) is 37.3 Å². The summed E-state index contributed by atoms with van der Waals surface area (Å²) in [4.78, 5) is 7.18. The van der Waals surface area contributed by atoms with Crippen molar-refractivity contribution in [3.8, 4) is 17.2 Å². The van der Waals surface area contributed by atoms with Crippen molar-refractivity contribution in [1.29, 1.82) is 0 Å². The van der Waals surface area contributed by atoms with Crippen molar-refractivity contribution in [3.63, 3.8) is 0 Å². The van der Waals surface area contributed by atoms with Crippen LogP contribution in [-0.2, 0) is 6.42 Å².